The summed E-state index contributed by atoms with van der Waals surface area (Å²) in [6, 6.07) is 19.9. The highest BCUT2D eigenvalue weighted by Gasteiger charge is 2.31. The molecule has 8 nitrogen and oxygen atoms in total. The van der Waals surface area contributed by atoms with E-state index in [2.05, 4.69) is 44.5 Å². The van der Waals surface area contributed by atoms with Gasteiger partial charge in [-0.1, -0.05) is 67.6 Å². The van der Waals surface area contributed by atoms with Crippen LogP contribution in [0.3, 0.4) is 0 Å². The molecule has 0 aliphatic carbocycles. The predicted molar refractivity (Wildman–Crippen MR) is 135 cm³/mol. The first-order valence-electron chi connectivity index (χ1n) is 12.0. The number of nitrogens with zero attached hydrogens (tertiary/aromatic N) is 4. The van der Waals surface area contributed by atoms with Gasteiger partial charge in [-0.3, -0.25) is 5.10 Å². The monoisotopic (exact) mass is 470 g/mol. The first kappa shape index (κ1) is 22.8. The van der Waals surface area contributed by atoms with Crippen LogP contribution in [0.25, 0.3) is 11.2 Å². The summed E-state index contributed by atoms with van der Waals surface area (Å²) in [5.41, 5.74) is 4.62. The molecule has 0 unspecified atom stereocenters. The minimum atomic E-state index is -0.376. The maximum Gasteiger partial charge on any atom is 0.407 e. The second-order valence-electron chi connectivity index (χ2n) is 9.47. The number of carbonyl (C=O) groups is 1. The lowest BCUT2D eigenvalue weighted by Crippen LogP contribution is -2.45. The highest BCUT2D eigenvalue weighted by Crippen LogP contribution is 2.32. The number of alkyl carbamates (subject to hydrolysis) is 1. The number of benzene rings is 2. The number of hydrogen-bond donors (Lipinski definition) is 2. The Morgan fingerprint density at radius 3 is 2.46 bits per heavy atom. The molecule has 8 heteroatoms. The van der Waals surface area contributed by atoms with Crippen molar-refractivity contribution in [2.45, 2.75) is 32.8 Å². The molecular formula is C27H30N6O2. The minimum absolute atomic E-state index is 0.0106. The van der Waals surface area contributed by atoms with Gasteiger partial charge in [0.1, 0.15) is 17.9 Å². The van der Waals surface area contributed by atoms with E-state index in [0.29, 0.717) is 12.2 Å². The van der Waals surface area contributed by atoms with E-state index in [1.54, 1.807) is 0 Å². The van der Waals surface area contributed by atoms with Gasteiger partial charge in [0.15, 0.2) is 5.65 Å². The quantitative estimate of drug-likeness (QED) is 0.414. The van der Waals surface area contributed by atoms with E-state index < -0.39 is 0 Å². The molecule has 1 fully saturated rings. The highest BCUT2D eigenvalue weighted by atomic mass is 16.5. The first-order valence-corrected chi connectivity index (χ1v) is 12.0. The average Bonchev–Trinajstić information content (AvgIpc) is 3.30. The molecule has 35 heavy (non-hydrogen) atoms. The van der Waals surface area contributed by atoms with E-state index in [1.807, 2.05) is 54.7 Å². The lowest BCUT2D eigenvalue weighted by Gasteiger charge is -2.39. The second kappa shape index (κ2) is 10.1. The number of fused-ring (bicyclic) bond motifs is 1. The van der Waals surface area contributed by atoms with Crippen LogP contribution in [-0.2, 0) is 17.8 Å². The van der Waals surface area contributed by atoms with Crippen LogP contribution in [0.5, 0.6) is 0 Å². The van der Waals surface area contributed by atoms with Gasteiger partial charge in [0.2, 0.25) is 0 Å². The number of aromatic amines is 1. The molecule has 180 valence electrons. The predicted octanol–water partition coefficient (Wildman–Crippen LogP) is 4.48. The highest BCUT2D eigenvalue weighted by molar-refractivity contribution is 5.74. The number of piperidine rings is 1. The van der Waals surface area contributed by atoms with Gasteiger partial charge in [-0.2, -0.15) is 5.10 Å². The molecule has 0 atom stereocenters. The van der Waals surface area contributed by atoms with Crippen LogP contribution < -0.4 is 10.2 Å². The van der Waals surface area contributed by atoms with Gasteiger partial charge in [0, 0.05) is 26.1 Å². The third-order valence-corrected chi connectivity index (χ3v) is 6.71. The van der Waals surface area contributed by atoms with Crippen LogP contribution in [0, 0.1) is 5.41 Å². The van der Waals surface area contributed by atoms with Crippen molar-refractivity contribution in [3.05, 3.63) is 83.7 Å². The summed E-state index contributed by atoms with van der Waals surface area (Å²) in [4.78, 5) is 23.9. The maximum atomic E-state index is 12.2. The molecule has 1 aliphatic heterocycles. The van der Waals surface area contributed by atoms with Crippen molar-refractivity contribution in [3.8, 4) is 0 Å². The van der Waals surface area contributed by atoms with Crippen LogP contribution in [0.2, 0.25) is 0 Å². The number of rotatable bonds is 7. The van der Waals surface area contributed by atoms with Crippen molar-refractivity contribution in [1.29, 1.82) is 0 Å². The zero-order chi connectivity index (χ0) is 24.1. The minimum Gasteiger partial charge on any atom is -0.445 e. The van der Waals surface area contributed by atoms with Gasteiger partial charge in [-0.25, -0.2) is 14.8 Å². The van der Waals surface area contributed by atoms with Crippen LogP contribution in [0.4, 0.5) is 10.6 Å². The van der Waals surface area contributed by atoms with E-state index in [0.717, 1.165) is 54.9 Å². The van der Waals surface area contributed by atoms with Crippen molar-refractivity contribution in [2.24, 2.45) is 5.41 Å². The molecular weight excluding hydrogens is 440 g/mol. The molecule has 1 amide bonds. The van der Waals surface area contributed by atoms with E-state index in [1.165, 1.54) is 5.56 Å². The molecule has 0 radical (unpaired) electrons. The fourth-order valence-electron chi connectivity index (χ4n) is 4.42. The average molecular weight is 471 g/mol. The molecule has 2 aromatic carbocycles. The molecule has 4 aromatic rings. The summed E-state index contributed by atoms with van der Waals surface area (Å²) in [7, 11) is 0. The van der Waals surface area contributed by atoms with Gasteiger partial charge in [-0.05, 0) is 29.4 Å². The maximum absolute atomic E-state index is 12.2. The Morgan fingerprint density at radius 2 is 1.74 bits per heavy atom. The van der Waals surface area contributed by atoms with Crippen LogP contribution in [0.15, 0.2) is 66.9 Å². The third-order valence-electron chi connectivity index (χ3n) is 6.71. The van der Waals surface area contributed by atoms with Gasteiger partial charge in [0.05, 0.1) is 11.9 Å². The van der Waals surface area contributed by atoms with Crippen molar-refractivity contribution in [1.82, 2.24) is 25.5 Å². The lowest BCUT2D eigenvalue weighted by atomic mass is 9.80. The number of anilines is 1. The van der Waals surface area contributed by atoms with Crippen LogP contribution >= 0.6 is 0 Å². The van der Waals surface area contributed by atoms with Gasteiger partial charge < -0.3 is 15.0 Å². The molecule has 2 aromatic heterocycles. The molecule has 0 saturated carbocycles. The van der Waals surface area contributed by atoms with E-state index in [4.69, 9.17) is 9.72 Å². The Kier molecular flexibility index (Phi) is 6.61. The molecule has 1 saturated heterocycles. The molecule has 5 rings (SSSR count). The zero-order valence-electron chi connectivity index (χ0n) is 19.9. The third kappa shape index (κ3) is 5.59. The molecule has 0 spiro atoms. The van der Waals surface area contributed by atoms with E-state index in [9.17, 15) is 4.79 Å². The number of hydrogen-bond acceptors (Lipinski definition) is 6. The Hall–Kier alpha value is -3.94. The number of carbonyl (C=O) groups excluding carboxylic acids is 1. The van der Waals surface area contributed by atoms with Crippen LogP contribution in [-0.4, -0.2) is 45.9 Å². The summed E-state index contributed by atoms with van der Waals surface area (Å²) >= 11 is 0. The summed E-state index contributed by atoms with van der Waals surface area (Å²) in [5, 5.41) is 10.4. The number of amides is 1. The van der Waals surface area contributed by atoms with Crippen molar-refractivity contribution >= 4 is 23.1 Å². The topological polar surface area (TPSA) is 96.0 Å². The fraction of sp³-hybridized carbons (Fsp3) is 0.333. The Labute approximate surface area is 204 Å². The SMILES string of the molecule is CC1(CNC(=O)OCc2ccccc2)CCN(c2cnc3c(Cc4ccccc4)n[nH]c3n2)CC1. The Balaban J connectivity index is 1.14. The fourth-order valence-corrected chi connectivity index (χ4v) is 4.42. The van der Waals surface area contributed by atoms with Crippen molar-refractivity contribution in [3.63, 3.8) is 0 Å². The summed E-state index contributed by atoms with van der Waals surface area (Å²) in [6.45, 7) is 4.77. The summed E-state index contributed by atoms with van der Waals surface area (Å²) < 4.78 is 5.35. The second-order valence-corrected chi connectivity index (χ2v) is 9.47. The number of nitrogens with one attached hydrogen (secondary N) is 2. The number of ether oxygens (including phenoxy) is 1. The standard InChI is InChI=1S/C27H30N6O2/c1-27(19-29-26(34)35-18-21-10-6-3-7-11-21)12-14-33(15-13-27)23-17-28-24-22(31-32-25(24)30-23)16-20-8-4-2-5-9-20/h2-11,17H,12-16,18-19H2,1H3,(H,29,34)(H,30,31,32). The van der Waals surface area contributed by atoms with E-state index >= 15 is 0 Å². The number of aromatic nitrogens is 4. The van der Waals surface area contributed by atoms with Gasteiger partial charge in [0.25, 0.3) is 0 Å². The van der Waals surface area contributed by atoms with Gasteiger partial charge in [-0.15, -0.1) is 0 Å². The zero-order valence-corrected chi connectivity index (χ0v) is 19.9. The summed E-state index contributed by atoms with van der Waals surface area (Å²) in [5.74, 6) is 0.852. The van der Waals surface area contributed by atoms with Crippen LogP contribution in [0.1, 0.15) is 36.6 Å². The largest absolute Gasteiger partial charge is 0.445 e. The smallest absolute Gasteiger partial charge is 0.407 e. The molecule has 1 aliphatic rings. The number of H-pyrrole nitrogens is 1. The Bertz CT molecular complexity index is 1270. The first-order chi connectivity index (χ1) is 17.1. The van der Waals surface area contributed by atoms with Gasteiger partial charge >= 0.3 is 6.09 Å². The van der Waals surface area contributed by atoms with E-state index in [-0.39, 0.29) is 18.1 Å². The Morgan fingerprint density at radius 1 is 1.06 bits per heavy atom. The molecule has 3 heterocycles. The molecule has 0 bridgehead atoms. The molecule has 2 N–H and O–H groups in total. The summed E-state index contributed by atoms with van der Waals surface area (Å²) in [6.07, 6.45) is 4.06. The van der Waals surface area contributed by atoms with Crippen molar-refractivity contribution in [2.75, 3.05) is 24.5 Å². The normalized spacial score (nSPS) is 15.2. The lowest BCUT2D eigenvalue weighted by molar-refractivity contribution is 0.131. The van der Waals surface area contributed by atoms with Crippen molar-refractivity contribution < 1.29 is 9.53 Å².